The number of thioether (sulfide) groups is 1. The highest BCUT2D eigenvalue weighted by Gasteiger charge is 2.14. The lowest BCUT2D eigenvalue weighted by molar-refractivity contribution is 0.858. The molecule has 0 spiro atoms. The topological polar surface area (TPSA) is 24.9 Å². The molecule has 1 aliphatic heterocycles. The van der Waals surface area contributed by atoms with Gasteiger partial charge in [0, 0.05) is 28.6 Å². The smallest absolute Gasteiger partial charge is 0.183 e. The summed E-state index contributed by atoms with van der Waals surface area (Å²) < 4.78 is 0.653. The molecule has 0 unspecified atom stereocenters. The molecule has 2 heterocycles. The maximum Gasteiger partial charge on any atom is 0.183 e. The molecule has 0 aromatic carbocycles. The Morgan fingerprint density at radius 1 is 1.71 bits per heavy atom. The van der Waals surface area contributed by atoms with Gasteiger partial charge in [-0.05, 0) is 13.0 Å². The van der Waals surface area contributed by atoms with E-state index in [-0.39, 0.29) is 12.4 Å². The number of nitrogens with zero attached hydrogens (tertiary/aromatic N) is 1. The summed E-state index contributed by atoms with van der Waals surface area (Å²) >= 11 is 9.33. The number of hydrogen-bond acceptors (Lipinski definition) is 4. The quantitative estimate of drug-likeness (QED) is 0.915. The van der Waals surface area contributed by atoms with E-state index in [4.69, 9.17) is 11.6 Å². The molecule has 2 rings (SSSR count). The number of halogens is 2. The average molecular weight is 271 g/mol. The minimum Gasteiger partial charge on any atom is -0.316 e. The van der Waals surface area contributed by atoms with Gasteiger partial charge in [-0.2, -0.15) is 11.8 Å². The number of thiazole rings is 1. The maximum absolute atomic E-state index is 5.74. The summed E-state index contributed by atoms with van der Waals surface area (Å²) in [5.74, 6) is 1.05. The lowest BCUT2D eigenvalue weighted by atomic mass is 10.4. The predicted molar refractivity (Wildman–Crippen MR) is 66.9 cm³/mol. The van der Waals surface area contributed by atoms with Crippen molar-refractivity contribution < 1.29 is 0 Å². The van der Waals surface area contributed by atoms with Crippen molar-refractivity contribution >= 4 is 47.1 Å². The van der Waals surface area contributed by atoms with Crippen LogP contribution in [0, 0.1) is 0 Å². The molecule has 6 heteroatoms. The highest BCUT2D eigenvalue weighted by atomic mass is 35.5. The monoisotopic (exact) mass is 270 g/mol. The second kappa shape index (κ2) is 6.18. The SMILES string of the molecule is Cl.Clc1ncc(CS[C@@H]2CCNC2)s1. The van der Waals surface area contributed by atoms with Gasteiger partial charge in [-0.3, -0.25) is 0 Å². The van der Waals surface area contributed by atoms with Crippen LogP contribution < -0.4 is 5.32 Å². The van der Waals surface area contributed by atoms with E-state index in [0.29, 0.717) is 4.47 Å². The molecule has 1 N–H and O–H groups in total. The van der Waals surface area contributed by atoms with Gasteiger partial charge in [0.25, 0.3) is 0 Å². The van der Waals surface area contributed by atoms with Crippen LogP contribution in [0.4, 0.5) is 0 Å². The first kappa shape index (κ1) is 12.6. The number of nitrogens with one attached hydrogen (secondary N) is 1. The molecule has 14 heavy (non-hydrogen) atoms. The van der Waals surface area contributed by atoms with Crippen LogP contribution in [-0.4, -0.2) is 23.3 Å². The zero-order chi connectivity index (χ0) is 9.10. The Bertz CT molecular complexity index is 274. The summed E-state index contributed by atoms with van der Waals surface area (Å²) in [6.45, 7) is 2.32. The molecule has 1 saturated heterocycles. The third-order valence-corrected chi connectivity index (χ3v) is 4.65. The van der Waals surface area contributed by atoms with Crippen LogP contribution in [0.15, 0.2) is 6.20 Å². The normalized spacial score (nSPS) is 20.8. The highest BCUT2D eigenvalue weighted by molar-refractivity contribution is 7.99. The maximum atomic E-state index is 5.74. The van der Waals surface area contributed by atoms with E-state index in [9.17, 15) is 0 Å². The fourth-order valence-electron chi connectivity index (χ4n) is 1.32. The van der Waals surface area contributed by atoms with E-state index < -0.39 is 0 Å². The van der Waals surface area contributed by atoms with Gasteiger partial charge in [-0.25, -0.2) is 4.98 Å². The Morgan fingerprint density at radius 2 is 2.57 bits per heavy atom. The van der Waals surface area contributed by atoms with E-state index in [2.05, 4.69) is 10.3 Å². The van der Waals surface area contributed by atoms with Gasteiger partial charge in [-0.15, -0.1) is 23.7 Å². The van der Waals surface area contributed by atoms with Crippen LogP contribution in [0.2, 0.25) is 4.47 Å². The molecule has 1 aromatic heterocycles. The summed E-state index contributed by atoms with van der Waals surface area (Å²) in [4.78, 5) is 5.30. The number of aromatic nitrogens is 1. The van der Waals surface area contributed by atoms with E-state index in [0.717, 1.165) is 17.5 Å². The minimum absolute atomic E-state index is 0. The van der Waals surface area contributed by atoms with Gasteiger partial charge in [0.15, 0.2) is 4.47 Å². The Morgan fingerprint density at radius 3 is 3.14 bits per heavy atom. The van der Waals surface area contributed by atoms with E-state index >= 15 is 0 Å². The second-order valence-electron chi connectivity index (χ2n) is 3.01. The van der Waals surface area contributed by atoms with Crippen molar-refractivity contribution in [2.75, 3.05) is 13.1 Å². The molecule has 0 bridgehead atoms. The Balaban J connectivity index is 0.000000980. The molecule has 0 aliphatic carbocycles. The first-order chi connectivity index (χ1) is 6.34. The Labute approximate surface area is 103 Å². The molecule has 1 fully saturated rings. The molecule has 0 amide bonds. The van der Waals surface area contributed by atoms with Crippen molar-refractivity contribution in [3.8, 4) is 0 Å². The van der Waals surface area contributed by atoms with Crippen molar-refractivity contribution in [3.63, 3.8) is 0 Å². The molecule has 1 aromatic rings. The van der Waals surface area contributed by atoms with E-state index in [1.165, 1.54) is 17.8 Å². The van der Waals surface area contributed by atoms with Crippen LogP contribution in [0.1, 0.15) is 11.3 Å². The van der Waals surface area contributed by atoms with Gasteiger partial charge in [-0.1, -0.05) is 11.6 Å². The standard InChI is InChI=1S/C8H11ClN2S2.ClH/c9-8-11-4-7(13-8)5-12-6-1-2-10-3-6;/h4,6,10H,1-3,5H2;1H/t6-;/m1./s1. The van der Waals surface area contributed by atoms with Gasteiger partial charge in [0.1, 0.15) is 0 Å². The highest BCUT2D eigenvalue weighted by Crippen LogP contribution is 2.26. The van der Waals surface area contributed by atoms with Crippen LogP contribution in [0.5, 0.6) is 0 Å². The van der Waals surface area contributed by atoms with Gasteiger partial charge >= 0.3 is 0 Å². The summed E-state index contributed by atoms with van der Waals surface area (Å²) in [7, 11) is 0. The molecule has 1 atom stereocenters. The van der Waals surface area contributed by atoms with Crippen LogP contribution >= 0.6 is 47.1 Å². The van der Waals surface area contributed by atoms with Crippen molar-refractivity contribution in [1.29, 1.82) is 0 Å². The largest absolute Gasteiger partial charge is 0.316 e. The molecular weight excluding hydrogens is 259 g/mol. The molecule has 0 saturated carbocycles. The summed E-state index contributed by atoms with van der Waals surface area (Å²) in [5, 5.41) is 4.13. The molecule has 80 valence electrons. The Hall–Kier alpha value is 0.520. The summed E-state index contributed by atoms with van der Waals surface area (Å²) in [6.07, 6.45) is 3.17. The van der Waals surface area contributed by atoms with E-state index in [1.54, 1.807) is 11.3 Å². The first-order valence-corrected chi connectivity index (χ1v) is 6.51. The molecule has 0 radical (unpaired) electrons. The van der Waals surface area contributed by atoms with Crippen LogP contribution in [-0.2, 0) is 5.75 Å². The molecular formula is C8H12Cl2N2S2. The lowest BCUT2D eigenvalue weighted by Gasteiger charge is -2.05. The van der Waals surface area contributed by atoms with Crippen LogP contribution in [0.25, 0.3) is 0 Å². The fraction of sp³-hybridized carbons (Fsp3) is 0.625. The van der Waals surface area contributed by atoms with Crippen molar-refractivity contribution in [2.45, 2.75) is 17.4 Å². The Kier molecular flexibility index (Phi) is 5.56. The van der Waals surface area contributed by atoms with Gasteiger partial charge in [0.05, 0.1) is 0 Å². The average Bonchev–Trinajstić information content (AvgIpc) is 2.71. The minimum atomic E-state index is 0. The lowest BCUT2D eigenvalue weighted by Crippen LogP contribution is -2.10. The number of rotatable bonds is 3. The predicted octanol–water partition coefficient (Wildman–Crippen LogP) is 2.81. The van der Waals surface area contributed by atoms with Crippen LogP contribution in [0.3, 0.4) is 0 Å². The zero-order valence-electron chi connectivity index (χ0n) is 7.53. The van der Waals surface area contributed by atoms with Gasteiger partial charge < -0.3 is 5.32 Å². The summed E-state index contributed by atoms with van der Waals surface area (Å²) in [6, 6.07) is 0. The third kappa shape index (κ3) is 3.59. The molecule has 1 aliphatic rings. The van der Waals surface area contributed by atoms with E-state index in [1.807, 2.05) is 18.0 Å². The summed E-state index contributed by atoms with van der Waals surface area (Å²) in [5.41, 5.74) is 0. The second-order valence-corrected chi connectivity index (χ2v) is 5.99. The zero-order valence-corrected chi connectivity index (χ0v) is 10.7. The fourth-order valence-corrected chi connectivity index (χ4v) is 3.53. The van der Waals surface area contributed by atoms with Crippen molar-refractivity contribution in [3.05, 3.63) is 15.5 Å². The van der Waals surface area contributed by atoms with Crippen molar-refractivity contribution in [2.24, 2.45) is 0 Å². The van der Waals surface area contributed by atoms with Crippen molar-refractivity contribution in [1.82, 2.24) is 10.3 Å². The number of hydrogen-bond donors (Lipinski definition) is 1. The molecule has 2 nitrogen and oxygen atoms in total. The third-order valence-electron chi connectivity index (χ3n) is 2.00. The van der Waals surface area contributed by atoms with Gasteiger partial charge in [0.2, 0.25) is 0 Å². The first-order valence-electron chi connectivity index (χ1n) is 4.27.